The van der Waals surface area contributed by atoms with Gasteiger partial charge in [0.05, 0.1) is 6.54 Å². The molecule has 6 nitrogen and oxygen atoms in total. The van der Waals surface area contributed by atoms with Crippen molar-refractivity contribution in [3.63, 3.8) is 0 Å². The average molecular weight is 369 g/mol. The maximum absolute atomic E-state index is 4.71. The standard InChI is InChI=1S/C19H24N6S/c1-3-20-19(21-10-14(2)17-7-8-26-12-17)22-11-15-5-4-6-16(9-15)18-23-13-24-25-18/h4-9,12-14H,3,10-11H2,1-2H3,(H2,20,21,22)(H,23,24,25). The van der Waals surface area contributed by atoms with Crippen LogP contribution in [0.15, 0.2) is 52.4 Å². The first-order valence-electron chi connectivity index (χ1n) is 8.75. The fourth-order valence-corrected chi connectivity index (χ4v) is 3.38. The number of nitrogens with one attached hydrogen (secondary N) is 3. The van der Waals surface area contributed by atoms with Crippen molar-refractivity contribution in [3.05, 3.63) is 58.5 Å². The van der Waals surface area contributed by atoms with Crippen LogP contribution in [0.4, 0.5) is 0 Å². The summed E-state index contributed by atoms with van der Waals surface area (Å²) in [4.78, 5) is 8.91. The first-order valence-corrected chi connectivity index (χ1v) is 9.69. The van der Waals surface area contributed by atoms with E-state index < -0.39 is 0 Å². The summed E-state index contributed by atoms with van der Waals surface area (Å²) in [6.07, 6.45) is 1.52. The van der Waals surface area contributed by atoms with Gasteiger partial charge in [0, 0.05) is 18.7 Å². The molecule has 0 fully saturated rings. The molecule has 0 saturated carbocycles. The Balaban J connectivity index is 1.63. The monoisotopic (exact) mass is 368 g/mol. The van der Waals surface area contributed by atoms with Gasteiger partial charge in [-0.3, -0.25) is 5.10 Å². The van der Waals surface area contributed by atoms with Gasteiger partial charge in [0.25, 0.3) is 0 Å². The van der Waals surface area contributed by atoms with Gasteiger partial charge in [0.2, 0.25) is 0 Å². The van der Waals surface area contributed by atoms with Crippen molar-refractivity contribution in [3.8, 4) is 11.4 Å². The highest BCUT2D eigenvalue weighted by Gasteiger charge is 2.07. The van der Waals surface area contributed by atoms with Crippen molar-refractivity contribution in [2.24, 2.45) is 4.99 Å². The number of nitrogens with zero attached hydrogens (tertiary/aromatic N) is 3. The van der Waals surface area contributed by atoms with Gasteiger partial charge < -0.3 is 10.6 Å². The Hall–Kier alpha value is -2.67. The number of aliphatic imine (C=N–C) groups is 1. The smallest absolute Gasteiger partial charge is 0.191 e. The Bertz CT molecular complexity index is 810. The lowest BCUT2D eigenvalue weighted by atomic mass is 10.1. The molecule has 0 amide bonds. The van der Waals surface area contributed by atoms with E-state index in [0.29, 0.717) is 12.5 Å². The van der Waals surface area contributed by atoms with E-state index in [0.717, 1.165) is 36.0 Å². The van der Waals surface area contributed by atoms with E-state index in [1.54, 1.807) is 11.3 Å². The topological polar surface area (TPSA) is 78.0 Å². The van der Waals surface area contributed by atoms with Crippen molar-refractivity contribution >= 4 is 17.3 Å². The highest BCUT2D eigenvalue weighted by Crippen LogP contribution is 2.17. The van der Waals surface area contributed by atoms with Gasteiger partial charge in [-0.15, -0.1) is 0 Å². The van der Waals surface area contributed by atoms with Crippen molar-refractivity contribution in [1.82, 2.24) is 25.8 Å². The van der Waals surface area contributed by atoms with Crippen LogP contribution < -0.4 is 10.6 Å². The number of aromatic nitrogens is 3. The molecule has 1 atom stereocenters. The Morgan fingerprint density at radius 2 is 2.23 bits per heavy atom. The van der Waals surface area contributed by atoms with Crippen LogP contribution >= 0.6 is 11.3 Å². The predicted molar refractivity (Wildman–Crippen MR) is 107 cm³/mol. The molecule has 0 aliphatic carbocycles. The Kier molecular flexibility index (Phi) is 6.38. The fraction of sp³-hybridized carbons (Fsp3) is 0.316. The number of hydrogen-bond donors (Lipinski definition) is 3. The van der Waals surface area contributed by atoms with Gasteiger partial charge in [0.15, 0.2) is 11.8 Å². The highest BCUT2D eigenvalue weighted by atomic mass is 32.1. The van der Waals surface area contributed by atoms with Crippen molar-refractivity contribution in [2.75, 3.05) is 13.1 Å². The summed E-state index contributed by atoms with van der Waals surface area (Å²) < 4.78 is 0. The number of rotatable bonds is 7. The molecule has 2 aromatic heterocycles. The van der Waals surface area contributed by atoms with E-state index in [1.165, 1.54) is 11.9 Å². The molecule has 0 radical (unpaired) electrons. The van der Waals surface area contributed by atoms with Gasteiger partial charge in [-0.1, -0.05) is 25.1 Å². The first-order chi connectivity index (χ1) is 12.8. The van der Waals surface area contributed by atoms with Crippen LogP contribution in [0.1, 0.15) is 30.9 Å². The van der Waals surface area contributed by atoms with Crippen LogP contribution in [0.3, 0.4) is 0 Å². The van der Waals surface area contributed by atoms with Crippen LogP contribution in [-0.2, 0) is 6.54 Å². The molecule has 0 aliphatic heterocycles. The Morgan fingerprint density at radius 1 is 1.31 bits per heavy atom. The summed E-state index contributed by atoms with van der Waals surface area (Å²) in [5, 5.41) is 17.9. The molecule has 7 heteroatoms. The number of aromatic amines is 1. The highest BCUT2D eigenvalue weighted by molar-refractivity contribution is 7.07. The minimum atomic E-state index is 0.444. The molecular weight excluding hydrogens is 344 g/mol. The predicted octanol–water partition coefficient (Wildman–Crippen LogP) is 3.39. The lowest BCUT2D eigenvalue weighted by molar-refractivity contribution is 0.701. The number of guanidine groups is 1. The third-order valence-electron chi connectivity index (χ3n) is 4.07. The zero-order valence-electron chi connectivity index (χ0n) is 15.1. The fourth-order valence-electron chi connectivity index (χ4n) is 2.60. The number of benzene rings is 1. The van der Waals surface area contributed by atoms with Crippen LogP contribution in [0.2, 0.25) is 0 Å². The van der Waals surface area contributed by atoms with Crippen LogP contribution in [-0.4, -0.2) is 34.2 Å². The molecule has 2 heterocycles. The maximum atomic E-state index is 4.71. The first kappa shape index (κ1) is 18.1. The third-order valence-corrected chi connectivity index (χ3v) is 4.77. The molecule has 136 valence electrons. The van der Waals surface area contributed by atoms with Gasteiger partial charge in [0.1, 0.15) is 6.33 Å². The number of thiophene rings is 1. The summed E-state index contributed by atoms with van der Waals surface area (Å²) in [7, 11) is 0. The van der Waals surface area contributed by atoms with Gasteiger partial charge >= 0.3 is 0 Å². The van der Waals surface area contributed by atoms with E-state index in [-0.39, 0.29) is 0 Å². The molecule has 3 aromatic rings. The summed E-state index contributed by atoms with van der Waals surface area (Å²) in [6.45, 7) is 6.57. The van der Waals surface area contributed by atoms with E-state index in [4.69, 9.17) is 4.99 Å². The SMILES string of the molecule is CCNC(=NCc1cccc(-c2ncn[nH]2)c1)NCC(C)c1ccsc1. The molecular formula is C19H24N6S. The van der Waals surface area contributed by atoms with Gasteiger partial charge in [-0.05, 0) is 46.9 Å². The zero-order valence-corrected chi connectivity index (χ0v) is 15.9. The number of hydrogen-bond acceptors (Lipinski definition) is 4. The van der Waals surface area contributed by atoms with Crippen molar-refractivity contribution in [2.45, 2.75) is 26.3 Å². The zero-order chi connectivity index (χ0) is 18.2. The van der Waals surface area contributed by atoms with Crippen LogP contribution in [0, 0.1) is 0 Å². The van der Waals surface area contributed by atoms with Crippen LogP contribution in [0.5, 0.6) is 0 Å². The molecule has 26 heavy (non-hydrogen) atoms. The molecule has 0 saturated heterocycles. The normalized spacial score (nSPS) is 12.8. The number of H-pyrrole nitrogens is 1. The van der Waals surface area contributed by atoms with E-state index >= 15 is 0 Å². The molecule has 0 bridgehead atoms. The second-order valence-corrected chi connectivity index (χ2v) is 6.85. The third kappa shape index (κ3) is 4.92. The van der Waals surface area contributed by atoms with Crippen LogP contribution in [0.25, 0.3) is 11.4 Å². The van der Waals surface area contributed by atoms with Gasteiger partial charge in [-0.2, -0.15) is 16.4 Å². The second kappa shape index (κ2) is 9.15. The molecule has 0 spiro atoms. The molecule has 1 aromatic carbocycles. The van der Waals surface area contributed by atoms with Crippen molar-refractivity contribution < 1.29 is 0 Å². The minimum Gasteiger partial charge on any atom is -0.357 e. The summed E-state index contributed by atoms with van der Waals surface area (Å²) in [5.74, 6) is 2.05. The molecule has 3 N–H and O–H groups in total. The molecule has 0 aliphatic rings. The lowest BCUT2D eigenvalue weighted by Crippen LogP contribution is -2.39. The average Bonchev–Trinajstić information content (AvgIpc) is 3.38. The Morgan fingerprint density at radius 3 is 2.96 bits per heavy atom. The summed E-state index contributed by atoms with van der Waals surface area (Å²) in [6, 6.07) is 10.4. The summed E-state index contributed by atoms with van der Waals surface area (Å²) in [5.41, 5.74) is 3.50. The van der Waals surface area contributed by atoms with E-state index in [1.807, 2.05) is 12.1 Å². The largest absolute Gasteiger partial charge is 0.357 e. The molecule has 3 rings (SSSR count). The van der Waals surface area contributed by atoms with Gasteiger partial charge in [-0.25, -0.2) is 9.98 Å². The maximum Gasteiger partial charge on any atom is 0.191 e. The Labute approximate surface area is 157 Å². The van der Waals surface area contributed by atoms with E-state index in [2.05, 4.69) is 68.6 Å². The van der Waals surface area contributed by atoms with Crippen molar-refractivity contribution in [1.29, 1.82) is 0 Å². The lowest BCUT2D eigenvalue weighted by Gasteiger charge is -2.15. The minimum absolute atomic E-state index is 0.444. The quantitative estimate of drug-likeness (QED) is 0.441. The molecule has 1 unspecified atom stereocenters. The second-order valence-electron chi connectivity index (χ2n) is 6.07. The van der Waals surface area contributed by atoms with E-state index in [9.17, 15) is 0 Å². The summed E-state index contributed by atoms with van der Waals surface area (Å²) >= 11 is 1.73.